The number of rotatable bonds is 6. The molecule has 1 atom stereocenters. The third-order valence-electron chi connectivity index (χ3n) is 5.56. The van der Waals surface area contributed by atoms with Gasteiger partial charge in [0.25, 0.3) is 0 Å². The molecule has 0 aliphatic heterocycles. The number of hydrogen-bond donors (Lipinski definition) is 0. The number of nitrogens with zero attached hydrogens (tertiary/aromatic N) is 6. The van der Waals surface area contributed by atoms with Crippen LogP contribution in [0.2, 0.25) is 0 Å². The maximum absolute atomic E-state index is 15.4. The summed E-state index contributed by atoms with van der Waals surface area (Å²) in [5.41, 5.74) is 1.62. The van der Waals surface area contributed by atoms with Crippen molar-refractivity contribution in [2.45, 2.75) is 12.8 Å². The van der Waals surface area contributed by atoms with E-state index in [-0.39, 0.29) is 11.2 Å². The molecule has 5 aromatic rings. The van der Waals surface area contributed by atoms with Gasteiger partial charge in [-0.3, -0.25) is 4.57 Å². The molecule has 0 aliphatic rings. The molecule has 0 saturated heterocycles. The van der Waals surface area contributed by atoms with E-state index in [1.165, 1.54) is 36.0 Å². The molecule has 4 aromatic heterocycles. The molecule has 4 heterocycles. The fraction of sp³-hybridized carbons (Fsp3) is 0.182. The Kier molecular flexibility index (Phi) is 5.07. The summed E-state index contributed by atoms with van der Waals surface area (Å²) in [6.07, 6.45) is 4.82. The molecule has 8 nitrogen and oxygen atoms in total. The first-order valence-corrected chi connectivity index (χ1v) is 12.0. The van der Waals surface area contributed by atoms with Crippen LogP contribution in [0.5, 0.6) is 0 Å². The molecule has 1 unspecified atom stereocenters. The first kappa shape index (κ1) is 21.4. The molecule has 0 N–H and O–H groups in total. The van der Waals surface area contributed by atoms with Crippen LogP contribution in [0.15, 0.2) is 67.1 Å². The fourth-order valence-electron chi connectivity index (χ4n) is 3.65. The average molecular weight is 468 g/mol. The van der Waals surface area contributed by atoms with Crippen molar-refractivity contribution in [3.05, 3.63) is 78.5 Å². The van der Waals surface area contributed by atoms with Crippen LogP contribution in [0.25, 0.3) is 22.6 Å². The molecular weight excluding hydrogens is 449 g/mol. The Morgan fingerprint density at radius 3 is 2.52 bits per heavy atom. The zero-order valence-electron chi connectivity index (χ0n) is 17.8. The number of pyridine rings is 1. The van der Waals surface area contributed by atoms with Crippen LogP contribution in [-0.4, -0.2) is 42.5 Å². The normalized spacial score (nSPS) is 14.1. The van der Waals surface area contributed by atoms with Crippen molar-refractivity contribution in [1.29, 1.82) is 0 Å². The zero-order chi connectivity index (χ0) is 23.2. The van der Waals surface area contributed by atoms with Crippen LogP contribution in [0.4, 0.5) is 8.78 Å². The number of halogens is 2. The van der Waals surface area contributed by atoms with Crippen LogP contribution >= 0.6 is 7.37 Å². The molecule has 1 aromatic carbocycles. The molecule has 33 heavy (non-hydrogen) atoms. The van der Waals surface area contributed by atoms with E-state index in [2.05, 4.69) is 20.3 Å². The first-order chi connectivity index (χ1) is 15.9. The Hall–Kier alpha value is -3.49. The highest BCUT2D eigenvalue weighted by Gasteiger charge is 2.40. The lowest BCUT2D eigenvalue weighted by Gasteiger charge is -2.15. The minimum atomic E-state index is -3.44. The molecule has 11 heteroatoms. The van der Waals surface area contributed by atoms with Crippen LogP contribution in [0.1, 0.15) is 18.3 Å². The number of fused-ring (bicyclic) bond motifs is 2. The van der Waals surface area contributed by atoms with E-state index < -0.39 is 19.1 Å². The third kappa shape index (κ3) is 3.51. The highest BCUT2D eigenvalue weighted by atomic mass is 31.2. The van der Waals surface area contributed by atoms with Crippen molar-refractivity contribution in [2.75, 3.05) is 13.3 Å². The minimum Gasteiger partial charge on any atom is -0.329 e. The summed E-state index contributed by atoms with van der Waals surface area (Å²) in [5.74, 6) is -4.04. The van der Waals surface area contributed by atoms with Gasteiger partial charge in [0, 0.05) is 48.3 Å². The monoisotopic (exact) mass is 468 g/mol. The van der Waals surface area contributed by atoms with Crippen molar-refractivity contribution in [1.82, 2.24) is 29.2 Å². The van der Waals surface area contributed by atoms with Crippen molar-refractivity contribution in [2.24, 2.45) is 0 Å². The van der Waals surface area contributed by atoms with E-state index in [0.717, 1.165) is 4.52 Å². The number of aromatic nitrogens is 6. The predicted molar refractivity (Wildman–Crippen MR) is 119 cm³/mol. The van der Waals surface area contributed by atoms with Crippen molar-refractivity contribution in [3.8, 4) is 11.3 Å². The summed E-state index contributed by atoms with van der Waals surface area (Å²) in [4.78, 5) is 4.08. The Balaban J connectivity index is 1.56. The Morgan fingerprint density at radius 2 is 1.79 bits per heavy atom. The lowest BCUT2D eigenvalue weighted by Crippen LogP contribution is -2.21. The highest BCUT2D eigenvalue weighted by molar-refractivity contribution is 7.66. The number of alkyl halides is 2. The van der Waals surface area contributed by atoms with E-state index >= 15 is 8.78 Å². The Bertz CT molecular complexity index is 1500. The van der Waals surface area contributed by atoms with E-state index in [1.54, 1.807) is 49.5 Å². The first-order valence-electron chi connectivity index (χ1n) is 10.2. The van der Waals surface area contributed by atoms with Gasteiger partial charge in [0.05, 0.1) is 5.69 Å². The number of imidazole rings is 1. The summed E-state index contributed by atoms with van der Waals surface area (Å²) >= 11 is 0. The van der Waals surface area contributed by atoms with Gasteiger partial charge in [0.15, 0.2) is 5.65 Å². The van der Waals surface area contributed by atoms with Gasteiger partial charge in [0.1, 0.15) is 5.65 Å². The summed E-state index contributed by atoms with van der Waals surface area (Å²) in [6.45, 7) is 1.80. The number of hydrogen-bond acceptors (Lipinski definition) is 6. The van der Waals surface area contributed by atoms with Gasteiger partial charge in [0.2, 0.25) is 13.2 Å². The minimum absolute atomic E-state index is 0.198. The summed E-state index contributed by atoms with van der Waals surface area (Å²) in [6, 6.07) is 13.0. The van der Waals surface area contributed by atoms with Crippen LogP contribution in [0.3, 0.4) is 0 Å². The molecule has 0 amide bonds. The summed E-state index contributed by atoms with van der Waals surface area (Å²) < 4.78 is 51.4. The molecule has 168 valence electrons. The van der Waals surface area contributed by atoms with Gasteiger partial charge in [-0.1, -0.05) is 19.1 Å². The topological polar surface area (TPSA) is 86.7 Å². The second-order valence-electron chi connectivity index (χ2n) is 7.42. The largest absolute Gasteiger partial charge is 0.335 e. The number of benzene rings is 1. The van der Waals surface area contributed by atoms with Gasteiger partial charge in [-0.2, -0.15) is 18.4 Å². The zero-order valence-corrected chi connectivity index (χ0v) is 18.7. The van der Waals surface area contributed by atoms with Crippen LogP contribution < -0.4 is 5.30 Å². The van der Waals surface area contributed by atoms with E-state index in [0.29, 0.717) is 28.4 Å². The maximum Gasteiger partial charge on any atom is 0.335 e. The van der Waals surface area contributed by atoms with Crippen molar-refractivity contribution >= 4 is 24.0 Å². The standard InChI is InChI=1S/C22H19F2N6O2P/c1-3-33(31,32-2)17-7-4-15(5-8-17)18-9-11-20-26-27-21(30(20)28-18)22(23,24)16-6-10-19-25-12-13-29(19)14-16/h4-14H,3H2,1-2H3. The van der Waals surface area contributed by atoms with Gasteiger partial charge >= 0.3 is 5.92 Å². The van der Waals surface area contributed by atoms with Crippen LogP contribution in [-0.2, 0) is 15.0 Å². The van der Waals surface area contributed by atoms with E-state index in [1.807, 2.05) is 0 Å². The molecular formula is C22H19F2N6O2P. The fourth-order valence-corrected chi connectivity index (χ4v) is 5.09. The summed E-state index contributed by atoms with van der Waals surface area (Å²) in [7, 11) is -1.48. The smallest absolute Gasteiger partial charge is 0.329 e. The summed E-state index contributed by atoms with van der Waals surface area (Å²) in [5, 5.41) is 12.6. The Morgan fingerprint density at radius 1 is 1.03 bits per heavy atom. The van der Waals surface area contributed by atoms with Gasteiger partial charge in [-0.05, 0) is 36.4 Å². The molecule has 0 fully saturated rings. The van der Waals surface area contributed by atoms with E-state index in [9.17, 15) is 4.57 Å². The van der Waals surface area contributed by atoms with Gasteiger partial charge < -0.3 is 8.92 Å². The van der Waals surface area contributed by atoms with Crippen molar-refractivity contribution in [3.63, 3.8) is 0 Å². The Labute approximate surface area is 187 Å². The van der Waals surface area contributed by atoms with Crippen molar-refractivity contribution < 1.29 is 17.9 Å². The molecule has 0 bridgehead atoms. The molecule has 0 radical (unpaired) electrons. The quantitative estimate of drug-likeness (QED) is 0.348. The molecule has 0 spiro atoms. The van der Waals surface area contributed by atoms with Gasteiger partial charge in [-0.15, -0.1) is 10.2 Å². The SMILES string of the molecule is CCP(=O)(OC)c1ccc(-c2ccc3nnc(C(F)(F)c4ccc5nccn5c4)n3n2)cc1. The predicted octanol–water partition coefficient (Wildman–Crippen LogP) is 4.15. The van der Waals surface area contributed by atoms with E-state index in [4.69, 9.17) is 4.52 Å². The third-order valence-corrected chi connectivity index (χ3v) is 8.07. The molecule has 0 aliphatic carbocycles. The second kappa shape index (κ2) is 7.83. The van der Waals surface area contributed by atoms with Gasteiger partial charge in [-0.25, -0.2) is 4.98 Å². The highest BCUT2D eigenvalue weighted by Crippen LogP contribution is 2.44. The van der Waals surface area contributed by atoms with Crippen LogP contribution in [0, 0.1) is 0 Å². The average Bonchev–Trinajstić information content (AvgIpc) is 3.50. The second-order valence-corrected chi connectivity index (χ2v) is 10.3. The molecule has 0 saturated carbocycles. The lowest BCUT2D eigenvalue weighted by atomic mass is 10.1. The maximum atomic E-state index is 15.4. The lowest BCUT2D eigenvalue weighted by molar-refractivity contribution is 0.0302. The molecule has 5 rings (SSSR count).